The topological polar surface area (TPSA) is 185 Å². The second-order valence-electron chi connectivity index (χ2n) is 9.69. The van der Waals surface area contributed by atoms with Gasteiger partial charge in [-0.15, -0.1) is 0 Å². The number of amides is 1. The van der Waals surface area contributed by atoms with E-state index >= 15 is 0 Å². The first kappa shape index (κ1) is 32.6. The number of esters is 1. The molecule has 45 heavy (non-hydrogen) atoms. The van der Waals surface area contributed by atoms with Crippen molar-refractivity contribution >= 4 is 38.5 Å². The van der Waals surface area contributed by atoms with Gasteiger partial charge >= 0.3 is 5.97 Å². The van der Waals surface area contributed by atoms with Crippen molar-refractivity contribution < 1.29 is 37.1 Å². The third-order valence-corrected chi connectivity index (χ3v) is 8.24. The summed E-state index contributed by atoms with van der Waals surface area (Å²) in [7, 11) is -1.45. The number of pyridine rings is 1. The van der Waals surface area contributed by atoms with Crippen molar-refractivity contribution in [1.82, 2.24) is 14.6 Å². The van der Waals surface area contributed by atoms with E-state index in [0.717, 1.165) is 5.56 Å². The van der Waals surface area contributed by atoms with Crippen molar-refractivity contribution in [2.24, 2.45) is 0 Å². The number of rotatable bonds is 12. The number of nitro benzene ring substituents is 1. The second kappa shape index (κ2) is 13.6. The molecule has 14 nitrogen and oxygen atoms in total. The van der Waals surface area contributed by atoms with E-state index in [1.165, 1.54) is 67.4 Å². The van der Waals surface area contributed by atoms with E-state index in [1.54, 1.807) is 32.0 Å². The molecular weight excluding hydrogens is 608 g/mol. The van der Waals surface area contributed by atoms with Crippen LogP contribution in [0.1, 0.15) is 22.8 Å². The number of nitro groups is 1. The van der Waals surface area contributed by atoms with Crippen LogP contribution < -0.4 is 24.9 Å². The lowest BCUT2D eigenvalue weighted by atomic mass is 10.1. The summed E-state index contributed by atoms with van der Waals surface area (Å²) in [6.07, 6.45) is 1.23. The first-order chi connectivity index (χ1) is 21.4. The molecule has 0 aliphatic heterocycles. The van der Waals surface area contributed by atoms with E-state index in [4.69, 9.17) is 14.2 Å². The zero-order chi connectivity index (χ0) is 32.9. The lowest BCUT2D eigenvalue weighted by Crippen LogP contribution is -2.49. The summed E-state index contributed by atoms with van der Waals surface area (Å²) in [6, 6.07) is 12.8. The van der Waals surface area contributed by atoms with E-state index in [-0.39, 0.29) is 39.4 Å². The third-order valence-electron chi connectivity index (χ3n) is 6.75. The number of sulfonamides is 1. The molecule has 0 unspecified atom stereocenters. The Morgan fingerprint density at radius 2 is 1.69 bits per heavy atom. The van der Waals surface area contributed by atoms with Crippen molar-refractivity contribution in [2.75, 3.05) is 27.4 Å². The average Bonchev–Trinajstić information content (AvgIpc) is 3.02. The zero-order valence-electron chi connectivity index (χ0n) is 24.7. The van der Waals surface area contributed by atoms with E-state index in [9.17, 15) is 32.9 Å². The molecule has 4 rings (SSSR count). The number of fused-ring (bicyclic) bond motifs is 1. The van der Waals surface area contributed by atoms with Crippen LogP contribution in [0.4, 0.5) is 5.69 Å². The van der Waals surface area contributed by atoms with Gasteiger partial charge in [0, 0.05) is 42.7 Å². The van der Waals surface area contributed by atoms with Gasteiger partial charge in [0.25, 0.3) is 11.6 Å². The Labute approximate surface area is 257 Å². The van der Waals surface area contributed by atoms with Crippen molar-refractivity contribution in [3.05, 3.63) is 98.3 Å². The van der Waals surface area contributed by atoms with E-state index in [0.29, 0.717) is 11.4 Å². The number of aromatic nitrogens is 1. The highest BCUT2D eigenvalue weighted by Crippen LogP contribution is 2.31. The number of benzene rings is 3. The lowest BCUT2D eigenvalue weighted by Gasteiger charge is -2.19. The zero-order valence-corrected chi connectivity index (χ0v) is 25.5. The smallest absolute Gasteiger partial charge is 0.326 e. The molecule has 15 heteroatoms. The quantitative estimate of drug-likeness (QED) is 0.133. The molecule has 1 atom stereocenters. The Balaban J connectivity index is 1.75. The molecule has 4 aromatic rings. The molecule has 0 radical (unpaired) electrons. The molecular formula is C30H30N4O10S. The van der Waals surface area contributed by atoms with Gasteiger partial charge in [0.15, 0.2) is 0 Å². The predicted molar refractivity (Wildman–Crippen MR) is 164 cm³/mol. The Morgan fingerprint density at radius 1 is 1.02 bits per heavy atom. The lowest BCUT2D eigenvalue weighted by molar-refractivity contribution is -0.384. The van der Waals surface area contributed by atoms with Gasteiger partial charge < -0.3 is 24.1 Å². The fraction of sp³-hybridized carbons (Fsp3) is 0.233. The van der Waals surface area contributed by atoms with Crippen LogP contribution in [-0.2, 0) is 19.6 Å². The molecule has 2 N–H and O–H groups in total. The highest BCUT2D eigenvalue weighted by molar-refractivity contribution is 7.89. The third kappa shape index (κ3) is 7.11. The summed E-state index contributed by atoms with van der Waals surface area (Å²) < 4.78 is 45.6. The first-order valence-corrected chi connectivity index (χ1v) is 15.0. The van der Waals surface area contributed by atoms with Crippen LogP contribution in [0, 0.1) is 17.0 Å². The van der Waals surface area contributed by atoms with Crippen molar-refractivity contribution in [1.29, 1.82) is 0 Å². The van der Waals surface area contributed by atoms with Gasteiger partial charge in [-0.3, -0.25) is 24.5 Å². The molecule has 1 aromatic heterocycles. The minimum absolute atomic E-state index is 0.00585. The summed E-state index contributed by atoms with van der Waals surface area (Å²) in [5.41, 5.74) is 0.187. The minimum atomic E-state index is -4.20. The number of ether oxygens (including phenoxy) is 3. The summed E-state index contributed by atoms with van der Waals surface area (Å²) in [4.78, 5) is 50.5. The van der Waals surface area contributed by atoms with Gasteiger partial charge in [0.2, 0.25) is 15.5 Å². The molecule has 1 amide bonds. The predicted octanol–water partition coefficient (Wildman–Crippen LogP) is 2.86. The Bertz CT molecular complexity index is 1920. The van der Waals surface area contributed by atoms with Gasteiger partial charge in [0.05, 0.1) is 41.5 Å². The van der Waals surface area contributed by atoms with Crippen LogP contribution >= 0.6 is 0 Å². The van der Waals surface area contributed by atoms with E-state index in [2.05, 4.69) is 10.0 Å². The van der Waals surface area contributed by atoms with Crippen LogP contribution in [0.5, 0.6) is 11.5 Å². The molecule has 0 fully saturated rings. The minimum Gasteiger partial charge on any atom is -0.497 e. The molecule has 0 bridgehead atoms. The summed E-state index contributed by atoms with van der Waals surface area (Å²) in [6.45, 7) is 2.72. The highest BCUT2D eigenvalue weighted by atomic mass is 32.2. The number of aryl methyl sites for hydroxylation is 1. The molecule has 3 aromatic carbocycles. The number of hydrogen-bond acceptors (Lipinski definition) is 10. The maximum atomic E-state index is 13.7. The molecule has 0 spiro atoms. The fourth-order valence-electron chi connectivity index (χ4n) is 4.45. The molecule has 0 aliphatic rings. The molecule has 0 aliphatic carbocycles. The normalized spacial score (nSPS) is 11.9. The van der Waals surface area contributed by atoms with Crippen molar-refractivity contribution in [3.63, 3.8) is 0 Å². The van der Waals surface area contributed by atoms with Crippen LogP contribution in [0.15, 0.2) is 76.6 Å². The number of carbonyl (C=O) groups is 2. The summed E-state index contributed by atoms with van der Waals surface area (Å²) in [5, 5.41) is 13.7. The number of hydrogen-bond donors (Lipinski definition) is 2. The number of non-ortho nitro benzene ring substituents is 1. The van der Waals surface area contributed by atoms with Gasteiger partial charge in [-0.2, -0.15) is 4.72 Å². The van der Waals surface area contributed by atoms with Crippen LogP contribution in [0.2, 0.25) is 0 Å². The van der Waals surface area contributed by atoms with Crippen LogP contribution in [0.25, 0.3) is 16.6 Å². The second-order valence-corrected chi connectivity index (χ2v) is 11.4. The number of methoxy groups -OCH3 is 2. The molecule has 236 valence electrons. The summed E-state index contributed by atoms with van der Waals surface area (Å²) >= 11 is 0. The first-order valence-electron chi connectivity index (χ1n) is 13.5. The Kier molecular flexibility index (Phi) is 9.84. The van der Waals surface area contributed by atoms with E-state index in [1.807, 2.05) is 0 Å². The van der Waals surface area contributed by atoms with Crippen LogP contribution in [0.3, 0.4) is 0 Å². The largest absolute Gasteiger partial charge is 0.497 e. The molecule has 0 saturated carbocycles. The molecule has 1 heterocycles. The Morgan fingerprint density at radius 3 is 2.27 bits per heavy atom. The fourth-order valence-corrected chi connectivity index (χ4v) is 5.64. The maximum absolute atomic E-state index is 13.7. The van der Waals surface area contributed by atoms with Crippen molar-refractivity contribution in [2.45, 2.75) is 24.8 Å². The SMILES string of the molecule is CCOC(=O)[C@@H](CNC(=O)c1cn(-c2ccc([N+](=O)[O-])cc2)c2cc(OC)cc(OC)c2c1=O)NS(=O)(=O)c1ccc(C)cc1. The average molecular weight is 639 g/mol. The van der Waals surface area contributed by atoms with Gasteiger partial charge in [-0.05, 0) is 38.1 Å². The standard InChI is InChI=1S/C30H30N4O10S/c1-5-44-30(37)24(32-45(40,41)22-12-6-18(2)7-13-22)16-31-29(36)23-17-33(19-8-10-20(11-9-19)34(38)39)25-14-21(42-3)15-26(43-4)27(25)28(23)35/h6-15,17,24,32H,5,16H2,1-4H3,(H,31,36)/t24-/m1/s1. The van der Waals surface area contributed by atoms with Crippen LogP contribution in [-0.4, -0.2) is 63.2 Å². The number of nitrogens with zero attached hydrogens (tertiary/aromatic N) is 2. The maximum Gasteiger partial charge on any atom is 0.326 e. The highest BCUT2D eigenvalue weighted by Gasteiger charge is 2.28. The number of carbonyl (C=O) groups excluding carboxylic acids is 2. The van der Waals surface area contributed by atoms with Crippen molar-refractivity contribution in [3.8, 4) is 17.2 Å². The van der Waals surface area contributed by atoms with Gasteiger partial charge in [-0.25, -0.2) is 8.42 Å². The molecule has 0 saturated heterocycles. The summed E-state index contributed by atoms with van der Waals surface area (Å²) in [5.74, 6) is -1.44. The number of nitrogens with one attached hydrogen (secondary N) is 2. The van der Waals surface area contributed by atoms with Gasteiger partial charge in [-0.1, -0.05) is 17.7 Å². The Hall–Kier alpha value is -5.28. The monoisotopic (exact) mass is 638 g/mol. The van der Waals surface area contributed by atoms with E-state index < -0.39 is 44.8 Å². The van der Waals surface area contributed by atoms with Gasteiger partial charge in [0.1, 0.15) is 23.1 Å².